The minimum atomic E-state index is -0.731. The van der Waals surface area contributed by atoms with Gasteiger partial charge in [-0.15, -0.1) is 0 Å². The summed E-state index contributed by atoms with van der Waals surface area (Å²) in [4.78, 5) is 21.7. The molecule has 0 aromatic heterocycles. The van der Waals surface area contributed by atoms with Crippen molar-refractivity contribution in [3.05, 3.63) is 0 Å². The van der Waals surface area contributed by atoms with Crippen molar-refractivity contribution in [2.75, 3.05) is 0 Å². The van der Waals surface area contributed by atoms with Crippen molar-refractivity contribution in [1.82, 2.24) is 0 Å². The van der Waals surface area contributed by atoms with Crippen molar-refractivity contribution >= 4 is 11.8 Å². The van der Waals surface area contributed by atoms with E-state index >= 15 is 0 Å². The van der Waals surface area contributed by atoms with Crippen LogP contribution in [-0.4, -0.2) is 16.9 Å². The highest BCUT2D eigenvalue weighted by molar-refractivity contribution is 5.77. The normalized spacial score (nSPS) is 28.4. The van der Waals surface area contributed by atoms with E-state index in [4.69, 9.17) is 5.11 Å². The Bertz CT molecular complexity index is 210. The number of carboxylic acid groups (broad SMARTS) is 1. The summed E-state index contributed by atoms with van der Waals surface area (Å²) in [5, 5.41) is 8.91. The predicted molar refractivity (Wildman–Crippen MR) is 48.4 cm³/mol. The monoisotopic (exact) mass is 184 g/mol. The predicted octanol–water partition coefficient (Wildman–Crippen LogP) is 1.86. The zero-order valence-corrected chi connectivity index (χ0v) is 7.95. The fourth-order valence-corrected chi connectivity index (χ4v) is 2.15. The van der Waals surface area contributed by atoms with Gasteiger partial charge in [-0.1, -0.05) is 12.8 Å². The van der Waals surface area contributed by atoms with E-state index in [0.717, 1.165) is 25.7 Å². The van der Waals surface area contributed by atoms with Crippen molar-refractivity contribution in [3.63, 3.8) is 0 Å². The van der Waals surface area contributed by atoms with Crippen LogP contribution in [0.2, 0.25) is 0 Å². The van der Waals surface area contributed by atoms with Gasteiger partial charge < -0.3 is 9.90 Å². The van der Waals surface area contributed by atoms with E-state index in [-0.39, 0.29) is 17.6 Å². The molecule has 0 bridgehead atoms. The van der Waals surface area contributed by atoms with Gasteiger partial charge >= 0.3 is 5.97 Å². The summed E-state index contributed by atoms with van der Waals surface area (Å²) in [6, 6.07) is 0. The third-order valence-corrected chi connectivity index (χ3v) is 2.78. The van der Waals surface area contributed by atoms with E-state index in [9.17, 15) is 9.59 Å². The quantitative estimate of drug-likeness (QED) is 0.728. The first-order valence-corrected chi connectivity index (χ1v) is 4.83. The van der Waals surface area contributed by atoms with E-state index in [2.05, 4.69) is 0 Å². The third kappa shape index (κ3) is 2.83. The highest BCUT2D eigenvalue weighted by atomic mass is 16.4. The van der Waals surface area contributed by atoms with Crippen LogP contribution < -0.4 is 0 Å². The van der Waals surface area contributed by atoms with Gasteiger partial charge in [0.2, 0.25) is 0 Å². The third-order valence-electron chi connectivity index (χ3n) is 2.78. The maximum absolute atomic E-state index is 10.9. The molecule has 2 atom stereocenters. The Labute approximate surface area is 78.1 Å². The molecule has 3 nitrogen and oxygen atoms in total. The molecule has 0 spiro atoms. The number of Topliss-reactive ketones (excluding diaryl/α,β-unsaturated/α-hetero) is 1. The molecular formula is C10H16O3. The van der Waals surface area contributed by atoms with Gasteiger partial charge in [0.1, 0.15) is 5.78 Å². The fraction of sp³-hybridized carbons (Fsp3) is 0.800. The Hall–Kier alpha value is -0.860. The largest absolute Gasteiger partial charge is 0.481 e. The molecule has 0 radical (unpaired) electrons. The minimum absolute atomic E-state index is 0.0868. The topological polar surface area (TPSA) is 54.4 Å². The average Bonchev–Trinajstić information content (AvgIpc) is 2.03. The molecule has 13 heavy (non-hydrogen) atoms. The lowest BCUT2D eigenvalue weighted by Crippen LogP contribution is -2.28. The first kappa shape index (κ1) is 10.2. The number of carboxylic acids is 1. The van der Waals surface area contributed by atoms with E-state index < -0.39 is 5.97 Å². The molecule has 0 aromatic rings. The van der Waals surface area contributed by atoms with Crippen LogP contribution in [0.4, 0.5) is 0 Å². The second-order valence-corrected chi connectivity index (χ2v) is 3.90. The lowest BCUT2D eigenvalue weighted by atomic mass is 9.77. The number of carbonyl (C=O) groups excluding carboxylic acids is 1. The van der Waals surface area contributed by atoms with E-state index in [1.54, 1.807) is 0 Å². The fourth-order valence-electron chi connectivity index (χ4n) is 2.15. The van der Waals surface area contributed by atoms with Crippen LogP contribution in [0, 0.1) is 11.8 Å². The van der Waals surface area contributed by atoms with Crippen molar-refractivity contribution in [2.45, 2.75) is 39.0 Å². The molecule has 0 aliphatic heterocycles. The lowest BCUT2D eigenvalue weighted by molar-refractivity contribution is -0.145. The van der Waals surface area contributed by atoms with Crippen LogP contribution in [0.1, 0.15) is 39.0 Å². The van der Waals surface area contributed by atoms with Gasteiger partial charge in [-0.2, -0.15) is 0 Å². The number of hydrogen-bond donors (Lipinski definition) is 1. The van der Waals surface area contributed by atoms with E-state index in [0.29, 0.717) is 6.42 Å². The van der Waals surface area contributed by atoms with Gasteiger partial charge in [-0.3, -0.25) is 4.79 Å². The summed E-state index contributed by atoms with van der Waals surface area (Å²) in [5.74, 6) is -0.814. The number of aliphatic carboxylic acids is 1. The summed E-state index contributed by atoms with van der Waals surface area (Å²) in [7, 11) is 0. The standard InChI is InChI=1S/C10H16O3/c1-7(11)6-8-4-2-3-5-9(8)10(12)13/h8-9H,2-6H2,1H3,(H,12,13). The molecule has 0 amide bonds. The highest BCUT2D eigenvalue weighted by Gasteiger charge is 2.31. The maximum atomic E-state index is 10.9. The molecule has 0 heterocycles. The molecule has 0 aromatic carbocycles. The second kappa shape index (κ2) is 4.40. The molecule has 1 saturated carbocycles. The van der Waals surface area contributed by atoms with Gasteiger partial charge in [0.25, 0.3) is 0 Å². The lowest BCUT2D eigenvalue weighted by Gasteiger charge is -2.27. The van der Waals surface area contributed by atoms with Crippen LogP contribution in [0.25, 0.3) is 0 Å². The minimum Gasteiger partial charge on any atom is -0.481 e. The van der Waals surface area contributed by atoms with Crippen molar-refractivity contribution in [3.8, 4) is 0 Å². The van der Waals surface area contributed by atoms with Crippen LogP contribution in [0.5, 0.6) is 0 Å². The van der Waals surface area contributed by atoms with E-state index in [1.807, 2.05) is 0 Å². The Morgan fingerprint density at radius 1 is 1.31 bits per heavy atom. The highest BCUT2D eigenvalue weighted by Crippen LogP contribution is 2.32. The van der Waals surface area contributed by atoms with Gasteiger partial charge in [0, 0.05) is 6.42 Å². The zero-order valence-electron chi connectivity index (χ0n) is 7.95. The Morgan fingerprint density at radius 3 is 2.46 bits per heavy atom. The Balaban J connectivity index is 2.56. The Kier molecular flexibility index (Phi) is 3.46. The number of carbonyl (C=O) groups is 2. The molecule has 1 N–H and O–H groups in total. The Morgan fingerprint density at radius 2 is 1.92 bits per heavy atom. The van der Waals surface area contributed by atoms with Crippen molar-refractivity contribution < 1.29 is 14.7 Å². The first-order chi connectivity index (χ1) is 6.11. The molecule has 74 valence electrons. The number of ketones is 1. The smallest absolute Gasteiger partial charge is 0.306 e. The average molecular weight is 184 g/mol. The number of hydrogen-bond acceptors (Lipinski definition) is 2. The van der Waals surface area contributed by atoms with E-state index in [1.165, 1.54) is 6.92 Å². The molecule has 3 heteroatoms. The summed E-state index contributed by atoms with van der Waals surface area (Å²) in [6.45, 7) is 1.54. The molecule has 0 saturated heterocycles. The first-order valence-electron chi connectivity index (χ1n) is 4.83. The number of rotatable bonds is 3. The van der Waals surface area contributed by atoms with Gasteiger partial charge in [0.05, 0.1) is 5.92 Å². The van der Waals surface area contributed by atoms with Gasteiger partial charge in [-0.05, 0) is 25.7 Å². The molecule has 1 fully saturated rings. The van der Waals surface area contributed by atoms with Crippen LogP contribution >= 0.6 is 0 Å². The molecular weight excluding hydrogens is 168 g/mol. The molecule has 1 aliphatic rings. The SMILES string of the molecule is CC(=O)CC1CCCCC1C(=O)O. The summed E-state index contributed by atoms with van der Waals surface area (Å²) >= 11 is 0. The summed E-state index contributed by atoms with van der Waals surface area (Å²) in [6.07, 6.45) is 4.15. The second-order valence-electron chi connectivity index (χ2n) is 3.90. The summed E-state index contributed by atoms with van der Waals surface area (Å²) in [5.41, 5.74) is 0. The van der Waals surface area contributed by atoms with Crippen molar-refractivity contribution in [2.24, 2.45) is 11.8 Å². The van der Waals surface area contributed by atoms with Crippen LogP contribution in [0.15, 0.2) is 0 Å². The molecule has 2 unspecified atom stereocenters. The zero-order chi connectivity index (χ0) is 9.84. The van der Waals surface area contributed by atoms with Crippen LogP contribution in [0.3, 0.4) is 0 Å². The van der Waals surface area contributed by atoms with Crippen LogP contribution in [-0.2, 0) is 9.59 Å². The molecule has 1 rings (SSSR count). The van der Waals surface area contributed by atoms with Gasteiger partial charge in [-0.25, -0.2) is 0 Å². The summed E-state index contributed by atoms with van der Waals surface area (Å²) < 4.78 is 0. The van der Waals surface area contributed by atoms with Gasteiger partial charge in [0.15, 0.2) is 0 Å². The molecule has 1 aliphatic carbocycles. The van der Waals surface area contributed by atoms with Crippen molar-refractivity contribution in [1.29, 1.82) is 0 Å². The maximum Gasteiger partial charge on any atom is 0.306 e.